The summed E-state index contributed by atoms with van der Waals surface area (Å²) in [5.41, 5.74) is 2.09. The zero-order valence-electron chi connectivity index (χ0n) is 16.5. The van der Waals surface area contributed by atoms with Crippen molar-refractivity contribution in [1.29, 1.82) is 0 Å². The average Bonchev–Trinajstić information content (AvgIpc) is 2.65. The lowest BCUT2D eigenvalue weighted by molar-refractivity contribution is 0.0535. The zero-order chi connectivity index (χ0) is 20.5. The summed E-state index contributed by atoms with van der Waals surface area (Å²) in [5, 5.41) is 19.1. The summed E-state index contributed by atoms with van der Waals surface area (Å²) in [6.45, 7) is 8.08. The summed E-state index contributed by atoms with van der Waals surface area (Å²) < 4.78 is 0. The maximum atomic E-state index is 12.8. The van der Waals surface area contributed by atoms with Crippen LogP contribution in [0.25, 0.3) is 0 Å². The summed E-state index contributed by atoms with van der Waals surface area (Å²) in [7, 11) is 0. The van der Waals surface area contributed by atoms with Crippen molar-refractivity contribution in [3.63, 3.8) is 0 Å². The highest BCUT2D eigenvalue weighted by Crippen LogP contribution is 2.24. The minimum absolute atomic E-state index is 0.0356. The maximum absolute atomic E-state index is 12.8. The maximum Gasteiger partial charge on any atom is 0.254 e. The molecule has 148 valence electrons. The van der Waals surface area contributed by atoms with Crippen LogP contribution in [0, 0.1) is 0 Å². The predicted molar refractivity (Wildman–Crippen MR) is 107 cm³/mol. The average molecular weight is 382 g/mol. The van der Waals surface area contributed by atoms with E-state index in [0.717, 1.165) is 0 Å². The van der Waals surface area contributed by atoms with Gasteiger partial charge in [-0.1, -0.05) is 32.9 Å². The van der Waals surface area contributed by atoms with Crippen molar-refractivity contribution in [3.05, 3.63) is 59.2 Å². The first-order valence-corrected chi connectivity index (χ1v) is 9.37. The first-order chi connectivity index (χ1) is 13.1. The number of benzene rings is 2. The summed E-state index contributed by atoms with van der Waals surface area (Å²) in [5.74, 6) is -0.623. The third kappa shape index (κ3) is 4.27. The van der Waals surface area contributed by atoms with Gasteiger partial charge in [0.15, 0.2) is 0 Å². The Bertz CT molecular complexity index is 856. The first-order valence-electron chi connectivity index (χ1n) is 9.37. The van der Waals surface area contributed by atoms with Gasteiger partial charge < -0.3 is 20.0 Å². The lowest BCUT2D eigenvalue weighted by Gasteiger charge is -2.35. The molecule has 6 heteroatoms. The summed E-state index contributed by atoms with van der Waals surface area (Å²) in [6, 6.07) is 11.5. The molecule has 1 heterocycles. The summed E-state index contributed by atoms with van der Waals surface area (Å²) >= 11 is 0. The van der Waals surface area contributed by atoms with Crippen molar-refractivity contribution in [3.8, 4) is 11.5 Å². The Morgan fingerprint density at radius 3 is 1.61 bits per heavy atom. The molecule has 2 amide bonds. The number of carbonyl (C=O) groups excluding carboxylic acids is 2. The Balaban J connectivity index is 1.63. The van der Waals surface area contributed by atoms with Gasteiger partial charge in [0, 0.05) is 43.4 Å². The van der Waals surface area contributed by atoms with E-state index in [0.29, 0.717) is 31.7 Å². The highest BCUT2D eigenvalue weighted by Gasteiger charge is 2.26. The van der Waals surface area contributed by atoms with E-state index < -0.39 is 0 Å². The smallest absolute Gasteiger partial charge is 0.254 e. The molecule has 1 saturated heterocycles. The summed E-state index contributed by atoms with van der Waals surface area (Å²) in [6.07, 6.45) is 0. The van der Waals surface area contributed by atoms with Gasteiger partial charge >= 0.3 is 0 Å². The molecular weight excluding hydrogens is 356 g/mol. The number of carbonyl (C=O) groups is 2. The standard InChI is InChI=1S/C22H26N2O4/c1-22(2,3)17-6-4-15(5-7-17)20(27)23-8-10-24(11-9-23)21(28)16-12-18(25)14-19(26)13-16/h4-7,12-14,25-26H,8-11H2,1-3H3. The van der Waals surface area contributed by atoms with E-state index in [1.54, 1.807) is 9.80 Å². The van der Waals surface area contributed by atoms with Gasteiger partial charge in [-0.2, -0.15) is 0 Å². The Morgan fingerprint density at radius 1 is 0.750 bits per heavy atom. The van der Waals surface area contributed by atoms with Crippen molar-refractivity contribution in [2.24, 2.45) is 0 Å². The molecule has 0 aliphatic carbocycles. The van der Waals surface area contributed by atoms with Crippen LogP contribution in [0.2, 0.25) is 0 Å². The quantitative estimate of drug-likeness (QED) is 0.837. The fraction of sp³-hybridized carbons (Fsp3) is 0.364. The van der Waals surface area contributed by atoms with Gasteiger partial charge in [-0.25, -0.2) is 0 Å². The van der Waals surface area contributed by atoms with Crippen LogP contribution in [0.3, 0.4) is 0 Å². The SMILES string of the molecule is CC(C)(C)c1ccc(C(=O)N2CCN(C(=O)c3cc(O)cc(O)c3)CC2)cc1. The third-order valence-corrected chi connectivity index (χ3v) is 5.00. The number of phenolic OH excluding ortho intramolecular Hbond substituents is 2. The largest absolute Gasteiger partial charge is 0.508 e. The second-order valence-electron chi connectivity index (χ2n) is 8.15. The van der Waals surface area contributed by atoms with Crippen LogP contribution < -0.4 is 0 Å². The van der Waals surface area contributed by atoms with E-state index in [2.05, 4.69) is 20.8 Å². The minimum atomic E-state index is -0.271. The van der Waals surface area contributed by atoms with E-state index in [4.69, 9.17) is 0 Å². The van der Waals surface area contributed by atoms with Crippen molar-refractivity contribution in [1.82, 2.24) is 9.80 Å². The fourth-order valence-electron chi connectivity index (χ4n) is 3.31. The molecule has 1 aliphatic rings. The molecule has 0 spiro atoms. The van der Waals surface area contributed by atoms with Gasteiger partial charge in [0.05, 0.1) is 0 Å². The van der Waals surface area contributed by atoms with E-state index in [1.807, 2.05) is 24.3 Å². The van der Waals surface area contributed by atoms with E-state index in [-0.39, 0.29) is 34.3 Å². The molecule has 0 atom stereocenters. The molecule has 28 heavy (non-hydrogen) atoms. The fourth-order valence-corrected chi connectivity index (χ4v) is 3.31. The second kappa shape index (κ2) is 7.54. The van der Waals surface area contributed by atoms with E-state index in [1.165, 1.54) is 23.8 Å². The van der Waals surface area contributed by atoms with Crippen molar-refractivity contribution in [2.45, 2.75) is 26.2 Å². The molecule has 3 rings (SSSR count). The molecule has 0 saturated carbocycles. The van der Waals surface area contributed by atoms with Gasteiger partial charge in [-0.3, -0.25) is 9.59 Å². The number of amides is 2. The molecule has 2 aromatic carbocycles. The third-order valence-electron chi connectivity index (χ3n) is 5.00. The van der Waals surface area contributed by atoms with Crippen LogP contribution >= 0.6 is 0 Å². The number of piperazine rings is 1. The zero-order valence-corrected chi connectivity index (χ0v) is 16.5. The monoisotopic (exact) mass is 382 g/mol. The molecule has 0 unspecified atom stereocenters. The Labute approximate surface area is 165 Å². The number of hydrogen-bond acceptors (Lipinski definition) is 4. The molecule has 0 radical (unpaired) electrons. The van der Waals surface area contributed by atoms with Gasteiger partial charge in [0.2, 0.25) is 0 Å². The van der Waals surface area contributed by atoms with Gasteiger partial charge in [-0.15, -0.1) is 0 Å². The lowest BCUT2D eigenvalue weighted by atomic mass is 9.86. The van der Waals surface area contributed by atoms with Gasteiger partial charge in [-0.05, 0) is 35.2 Å². The van der Waals surface area contributed by atoms with Gasteiger partial charge in [0.1, 0.15) is 11.5 Å². The molecule has 2 N–H and O–H groups in total. The van der Waals surface area contributed by atoms with Crippen LogP contribution in [0.15, 0.2) is 42.5 Å². The Kier molecular flexibility index (Phi) is 5.31. The molecule has 0 aromatic heterocycles. The Hall–Kier alpha value is -3.02. The molecule has 1 fully saturated rings. The number of phenols is 2. The van der Waals surface area contributed by atoms with Crippen LogP contribution in [0.4, 0.5) is 0 Å². The topological polar surface area (TPSA) is 81.1 Å². The number of hydrogen-bond donors (Lipinski definition) is 2. The minimum Gasteiger partial charge on any atom is -0.508 e. The second-order valence-corrected chi connectivity index (χ2v) is 8.15. The van der Waals surface area contributed by atoms with Crippen molar-refractivity contribution in [2.75, 3.05) is 26.2 Å². The van der Waals surface area contributed by atoms with E-state index >= 15 is 0 Å². The number of rotatable bonds is 2. The highest BCUT2D eigenvalue weighted by molar-refractivity contribution is 5.96. The molecule has 0 bridgehead atoms. The van der Waals surface area contributed by atoms with Crippen molar-refractivity contribution < 1.29 is 19.8 Å². The summed E-state index contributed by atoms with van der Waals surface area (Å²) in [4.78, 5) is 28.7. The Morgan fingerprint density at radius 2 is 1.18 bits per heavy atom. The highest BCUT2D eigenvalue weighted by atomic mass is 16.3. The van der Waals surface area contributed by atoms with Crippen LogP contribution in [-0.4, -0.2) is 58.0 Å². The normalized spacial score (nSPS) is 14.8. The molecular formula is C22H26N2O4. The number of aromatic hydroxyl groups is 2. The van der Waals surface area contributed by atoms with Gasteiger partial charge in [0.25, 0.3) is 11.8 Å². The molecule has 1 aliphatic heterocycles. The first kappa shape index (κ1) is 19.7. The predicted octanol–water partition coefficient (Wildman–Crippen LogP) is 2.99. The van der Waals surface area contributed by atoms with Crippen LogP contribution in [0.1, 0.15) is 47.1 Å². The molecule has 2 aromatic rings. The molecule has 6 nitrogen and oxygen atoms in total. The van der Waals surface area contributed by atoms with Crippen LogP contribution in [-0.2, 0) is 5.41 Å². The lowest BCUT2D eigenvalue weighted by Crippen LogP contribution is -2.50. The van der Waals surface area contributed by atoms with Crippen LogP contribution in [0.5, 0.6) is 11.5 Å². The van der Waals surface area contributed by atoms with E-state index in [9.17, 15) is 19.8 Å². The van der Waals surface area contributed by atoms with Crippen molar-refractivity contribution >= 4 is 11.8 Å². The number of nitrogens with zero attached hydrogens (tertiary/aromatic N) is 2.